The predicted octanol–water partition coefficient (Wildman–Crippen LogP) is 3.81. The van der Waals surface area contributed by atoms with Gasteiger partial charge in [0.1, 0.15) is 17.3 Å². The highest BCUT2D eigenvalue weighted by molar-refractivity contribution is 6.28. The summed E-state index contributed by atoms with van der Waals surface area (Å²) >= 11 is 5.80. The number of hydrogen-bond acceptors (Lipinski definition) is 5. The number of furan rings is 1. The quantitative estimate of drug-likeness (QED) is 0.581. The minimum atomic E-state index is 0.410. The Balaban J connectivity index is 1.45. The van der Waals surface area contributed by atoms with Gasteiger partial charge < -0.3 is 10.2 Å². The van der Waals surface area contributed by atoms with Crippen LogP contribution in [0.1, 0.15) is 16.9 Å². The molecule has 0 spiro atoms. The Morgan fingerprint density at radius 3 is 2.58 bits per heavy atom. The Bertz CT molecular complexity index is 1020. The molecule has 6 nitrogen and oxygen atoms in total. The molecule has 0 aliphatic heterocycles. The van der Waals surface area contributed by atoms with Crippen LogP contribution < -0.4 is 5.73 Å². The van der Waals surface area contributed by atoms with E-state index < -0.39 is 0 Å². The van der Waals surface area contributed by atoms with Crippen LogP contribution in [-0.2, 0) is 13.0 Å². The summed E-state index contributed by atoms with van der Waals surface area (Å²) in [5, 5.41) is 8.77. The van der Waals surface area contributed by atoms with Gasteiger partial charge in [-0.15, -0.1) is 5.10 Å². The van der Waals surface area contributed by atoms with E-state index in [0.717, 1.165) is 22.5 Å². The third-order valence-corrected chi connectivity index (χ3v) is 4.23. The summed E-state index contributed by atoms with van der Waals surface area (Å²) in [5.74, 6) is 1.29. The molecule has 1 aromatic carbocycles. The van der Waals surface area contributed by atoms with Crippen molar-refractivity contribution in [2.45, 2.75) is 13.0 Å². The number of nitrogen functional groups attached to an aromatic ring is 1. The lowest BCUT2D eigenvalue weighted by Gasteiger charge is -2.03. The van der Waals surface area contributed by atoms with Crippen LogP contribution in [0.25, 0.3) is 11.3 Å². The van der Waals surface area contributed by atoms with Crippen molar-refractivity contribution in [2.24, 2.45) is 0 Å². The van der Waals surface area contributed by atoms with Crippen LogP contribution in [0.2, 0.25) is 5.22 Å². The van der Waals surface area contributed by atoms with E-state index in [0.29, 0.717) is 29.7 Å². The van der Waals surface area contributed by atoms with Gasteiger partial charge in [-0.2, -0.15) is 0 Å². The first-order chi connectivity index (χ1) is 12.7. The molecule has 0 bridgehead atoms. The Kier molecular flexibility index (Phi) is 4.41. The second-order valence-electron chi connectivity index (χ2n) is 5.94. The van der Waals surface area contributed by atoms with Crippen molar-refractivity contribution in [3.8, 4) is 11.3 Å². The van der Waals surface area contributed by atoms with Gasteiger partial charge in [-0.1, -0.05) is 29.5 Å². The summed E-state index contributed by atoms with van der Waals surface area (Å²) in [6.07, 6.45) is 4.23. The summed E-state index contributed by atoms with van der Waals surface area (Å²) in [7, 11) is 0. The Morgan fingerprint density at radius 2 is 1.85 bits per heavy atom. The zero-order valence-electron chi connectivity index (χ0n) is 13.8. The van der Waals surface area contributed by atoms with Crippen LogP contribution in [0.15, 0.2) is 65.3 Å². The lowest BCUT2D eigenvalue weighted by molar-refractivity contribution is 0.523. The van der Waals surface area contributed by atoms with Crippen LogP contribution in [0, 0.1) is 0 Å². The first kappa shape index (κ1) is 16.4. The zero-order chi connectivity index (χ0) is 17.9. The van der Waals surface area contributed by atoms with E-state index in [1.807, 2.05) is 24.4 Å². The Labute approximate surface area is 155 Å². The molecule has 130 valence electrons. The van der Waals surface area contributed by atoms with Gasteiger partial charge in [0.05, 0.1) is 12.7 Å². The zero-order valence-corrected chi connectivity index (χ0v) is 14.6. The molecule has 0 saturated carbocycles. The van der Waals surface area contributed by atoms with Gasteiger partial charge in [-0.25, -0.2) is 9.67 Å². The Hall–Kier alpha value is -3.12. The van der Waals surface area contributed by atoms with Gasteiger partial charge in [0.15, 0.2) is 5.22 Å². The standard InChI is InChI=1S/C19H16ClN5O/c20-18-8-7-15(26-18)10-13-3-5-14(6-4-13)11-25-12-17(23-24-25)16-2-1-9-22-19(16)21/h1-9,12H,10-11H2,(H2,21,22). The first-order valence-corrected chi connectivity index (χ1v) is 8.48. The first-order valence-electron chi connectivity index (χ1n) is 8.10. The largest absolute Gasteiger partial charge is 0.449 e. The molecule has 26 heavy (non-hydrogen) atoms. The Morgan fingerprint density at radius 1 is 1.04 bits per heavy atom. The molecule has 0 unspecified atom stereocenters. The van der Waals surface area contributed by atoms with Gasteiger partial charge in [-0.05, 0) is 47.0 Å². The predicted molar refractivity (Wildman–Crippen MR) is 99.7 cm³/mol. The molecule has 0 fully saturated rings. The van der Waals surface area contributed by atoms with Crippen molar-refractivity contribution in [3.05, 3.63) is 83.0 Å². The highest BCUT2D eigenvalue weighted by atomic mass is 35.5. The molecule has 0 aliphatic rings. The second kappa shape index (κ2) is 7.01. The molecule has 3 aromatic heterocycles. The maximum absolute atomic E-state index is 5.89. The van der Waals surface area contributed by atoms with E-state index >= 15 is 0 Å². The van der Waals surface area contributed by atoms with Crippen molar-refractivity contribution < 1.29 is 4.42 Å². The number of halogens is 1. The maximum atomic E-state index is 5.89. The minimum absolute atomic E-state index is 0.410. The van der Waals surface area contributed by atoms with Gasteiger partial charge in [-0.3, -0.25) is 0 Å². The minimum Gasteiger partial charge on any atom is -0.449 e. The number of nitrogens with two attached hydrogens (primary N) is 1. The molecule has 0 atom stereocenters. The lowest BCUT2D eigenvalue weighted by Crippen LogP contribution is -2.00. The normalized spacial score (nSPS) is 11.0. The summed E-state index contributed by atoms with van der Waals surface area (Å²) in [6, 6.07) is 15.6. The fraction of sp³-hybridized carbons (Fsp3) is 0.105. The molecule has 0 saturated heterocycles. The van der Waals surface area contributed by atoms with Gasteiger partial charge in [0.2, 0.25) is 0 Å². The molecular weight excluding hydrogens is 350 g/mol. The molecule has 0 radical (unpaired) electrons. The maximum Gasteiger partial charge on any atom is 0.193 e. The average Bonchev–Trinajstić information content (AvgIpc) is 3.26. The summed E-state index contributed by atoms with van der Waals surface area (Å²) in [5.41, 5.74) is 9.67. The van der Waals surface area contributed by atoms with E-state index in [-0.39, 0.29) is 0 Å². The van der Waals surface area contributed by atoms with E-state index in [1.54, 1.807) is 16.9 Å². The number of rotatable bonds is 5. The third kappa shape index (κ3) is 3.60. The second-order valence-corrected chi connectivity index (χ2v) is 6.31. The molecule has 3 heterocycles. The molecule has 2 N–H and O–H groups in total. The van der Waals surface area contributed by atoms with Gasteiger partial charge in [0, 0.05) is 18.2 Å². The fourth-order valence-corrected chi connectivity index (χ4v) is 2.89. The van der Waals surface area contributed by atoms with Crippen LogP contribution >= 0.6 is 11.6 Å². The highest BCUT2D eigenvalue weighted by Gasteiger charge is 2.08. The number of hydrogen-bond donors (Lipinski definition) is 1. The SMILES string of the molecule is Nc1ncccc1-c1cn(Cc2ccc(Cc3ccc(Cl)o3)cc2)nn1. The van der Waals surface area contributed by atoms with Crippen LogP contribution in [0.5, 0.6) is 0 Å². The van der Waals surface area contributed by atoms with E-state index in [2.05, 4.69) is 39.6 Å². The van der Waals surface area contributed by atoms with Crippen molar-refractivity contribution in [1.29, 1.82) is 0 Å². The van der Waals surface area contributed by atoms with Gasteiger partial charge >= 0.3 is 0 Å². The van der Waals surface area contributed by atoms with Crippen LogP contribution in [-0.4, -0.2) is 20.0 Å². The van der Waals surface area contributed by atoms with Crippen molar-refractivity contribution in [3.63, 3.8) is 0 Å². The molecule has 7 heteroatoms. The summed E-state index contributed by atoms with van der Waals surface area (Å²) < 4.78 is 7.18. The fourth-order valence-electron chi connectivity index (χ4n) is 2.73. The smallest absolute Gasteiger partial charge is 0.193 e. The van der Waals surface area contributed by atoms with Crippen molar-refractivity contribution in [2.75, 3.05) is 5.73 Å². The number of nitrogens with zero attached hydrogens (tertiary/aromatic N) is 4. The van der Waals surface area contributed by atoms with Crippen molar-refractivity contribution in [1.82, 2.24) is 20.0 Å². The van der Waals surface area contributed by atoms with Crippen LogP contribution in [0.3, 0.4) is 0 Å². The monoisotopic (exact) mass is 365 g/mol. The lowest BCUT2D eigenvalue weighted by atomic mass is 10.1. The number of pyridine rings is 1. The third-order valence-electron chi connectivity index (χ3n) is 4.03. The summed E-state index contributed by atoms with van der Waals surface area (Å²) in [6.45, 7) is 0.625. The molecular formula is C19H16ClN5O. The van der Waals surface area contributed by atoms with Gasteiger partial charge in [0.25, 0.3) is 0 Å². The van der Waals surface area contributed by atoms with E-state index in [4.69, 9.17) is 21.8 Å². The molecule has 4 rings (SSSR count). The highest BCUT2D eigenvalue weighted by Crippen LogP contribution is 2.21. The number of aromatic nitrogens is 4. The number of anilines is 1. The summed E-state index contributed by atoms with van der Waals surface area (Å²) in [4.78, 5) is 4.08. The van der Waals surface area contributed by atoms with Crippen molar-refractivity contribution >= 4 is 17.4 Å². The van der Waals surface area contributed by atoms with E-state index in [9.17, 15) is 0 Å². The molecule has 0 amide bonds. The van der Waals surface area contributed by atoms with E-state index in [1.165, 1.54) is 0 Å². The average molecular weight is 366 g/mol. The topological polar surface area (TPSA) is 82.8 Å². The van der Waals surface area contributed by atoms with Crippen LogP contribution in [0.4, 0.5) is 5.82 Å². The molecule has 4 aromatic rings. The number of benzene rings is 1. The molecule has 0 aliphatic carbocycles.